The monoisotopic (exact) mass is 444 g/mol. The number of hydrogen-bond acceptors (Lipinski definition) is 6. The summed E-state index contributed by atoms with van der Waals surface area (Å²) in [7, 11) is 0. The molecule has 2 saturated heterocycles. The van der Waals surface area contributed by atoms with Gasteiger partial charge in [0.1, 0.15) is 23.8 Å². The first-order valence-corrected chi connectivity index (χ1v) is 11.3. The van der Waals surface area contributed by atoms with Crippen LogP contribution in [0.15, 0.2) is 48.5 Å². The van der Waals surface area contributed by atoms with Gasteiger partial charge in [-0.25, -0.2) is 4.39 Å². The Kier molecular flexibility index (Phi) is 7.00. The maximum atomic E-state index is 13.2. The highest BCUT2D eigenvalue weighted by molar-refractivity contribution is 5.46. The van der Waals surface area contributed by atoms with Crippen LogP contribution in [0.5, 0.6) is 5.75 Å². The molecular formula is C25H33FN2O4. The number of anilines is 1. The van der Waals surface area contributed by atoms with Crippen molar-refractivity contribution in [2.24, 2.45) is 0 Å². The third kappa shape index (κ3) is 5.98. The minimum atomic E-state index is -1.15. The third-order valence-corrected chi connectivity index (χ3v) is 6.34. The Morgan fingerprint density at radius 1 is 1.03 bits per heavy atom. The molecule has 1 atom stereocenters. The highest BCUT2D eigenvalue weighted by Crippen LogP contribution is 2.28. The van der Waals surface area contributed by atoms with Gasteiger partial charge in [-0.05, 0) is 61.7 Å². The molecule has 0 amide bonds. The molecule has 2 aliphatic rings. The molecule has 2 aromatic rings. The molecule has 0 aromatic heterocycles. The molecule has 0 radical (unpaired) electrons. The number of hydrogen-bond donors (Lipinski definition) is 2. The summed E-state index contributed by atoms with van der Waals surface area (Å²) in [5.41, 5.74) is 0.0895. The second kappa shape index (κ2) is 9.75. The summed E-state index contributed by atoms with van der Waals surface area (Å²) >= 11 is 0. The molecule has 0 spiro atoms. The average molecular weight is 445 g/mol. The second-order valence-corrected chi connectivity index (χ2v) is 9.28. The molecule has 4 rings (SSSR count). The zero-order valence-corrected chi connectivity index (χ0v) is 18.7. The minimum Gasteiger partial charge on any atom is -0.490 e. The molecule has 32 heavy (non-hydrogen) atoms. The fraction of sp³-hybridized carbons (Fsp3) is 0.520. The van der Waals surface area contributed by atoms with E-state index in [4.69, 9.17) is 9.47 Å². The average Bonchev–Trinajstić information content (AvgIpc) is 2.95. The van der Waals surface area contributed by atoms with Crippen molar-refractivity contribution in [2.75, 3.05) is 57.4 Å². The number of benzene rings is 2. The molecule has 2 heterocycles. The van der Waals surface area contributed by atoms with Crippen LogP contribution in [0.3, 0.4) is 0 Å². The van der Waals surface area contributed by atoms with Crippen molar-refractivity contribution >= 4 is 5.69 Å². The number of aliphatic hydroxyl groups is 2. The number of β-amino-alcohol motifs (C(OH)–C–C–N with tert-alkyl or cyclic N) is 2. The van der Waals surface area contributed by atoms with Crippen molar-refractivity contribution in [1.29, 1.82) is 0 Å². The van der Waals surface area contributed by atoms with Gasteiger partial charge in [-0.3, -0.25) is 4.90 Å². The Bertz CT molecular complexity index is 886. The fourth-order valence-electron chi connectivity index (χ4n) is 4.55. The Labute approximate surface area is 189 Å². The van der Waals surface area contributed by atoms with Gasteiger partial charge in [-0.15, -0.1) is 0 Å². The molecule has 0 bridgehead atoms. The van der Waals surface area contributed by atoms with Gasteiger partial charge in [-0.1, -0.05) is 12.1 Å². The fourth-order valence-corrected chi connectivity index (χ4v) is 4.55. The van der Waals surface area contributed by atoms with E-state index < -0.39 is 11.2 Å². The predicted octanol–water partition coefficient (Wildman–Crippen LogP) is 2.61. The zero-order valence-electron chi connectivity index (χ0n) is 18.7. The van der Waals surface area contributed by atoms with Crippen LogP contribution in [0.1, 0.15) is 18.4 Å². The van der Waals surface area contributed by atoms with Gasteiger partial charge in [-0.2, -0.15) is 0 Å². The number of ether oxygens (including phenoxy) is 2. The minimum absolute atomic E-state index is 0.129. The first kappa shape index (κ1) is 23.0. The molecule has 0 saturated carbocycles. The van der Waals surface area contributed by atoms with E-state index in [0.29, 0.717) is 52.2 Å². The molecular weight excluding hydrogens is 411 g/mol. The Morgan fingerprint density at radius 2 is 1.78 bits per heavy atom. The number of rotatable bonds is 6. The van der Waals surface area contributed by atoms with Crippen molar-refractivity contribution in [3.8, 4) is 5.75 Å². The molecule has 0 unspecified atom stereocenters. The largest absolute Gasteiger partial charge is 0.490 e. The van der Waals surface area contributed by atoms with Gasteiger partial charge < -0.3 is 24.6 Å². The van der Waals surface area contributed by atoms with Crippen LogP contribution >= 0.6 is 0 Å². The van der Waals surface area contributed by atoms with E-state index in [9.17, 15) is 14.6 Å². The summed E-state index contributed by atoms with van der Waals surface area (Å²) in [6.45, 7) is 5.74. The number of nitrogens with zero attached hydrogens (tertiary/aromatic N) is 2. The van der Waals surface area contributed by atoms with Crippen LogP contribution in [0, 0.1) is 12.7 Å². The summed E-state index contributed by atoms with van der Waals surface area (Å²) < 4.78 is 24.7. The topological polar surface area (TPSA) is 65.4 Å². The van der Waals surface area contributed by atoms with E-state index in [2.05, 4.69) is 9.80 Å². The Hall–Kier alpha value is -2.19. The Balaban J connectivity index is 1.33. The molecule has 7 heteroatoms. The Morgan fingerprint density at radius 3 is 2.50 bits per heavy atom. The smallest absolute Gasteiger partial charge is 0.134 e. The van der Waals surface area contributed by atoms with E-state index in [1.165, 1.54) is 12.1 Å². The van der Waals surface area contributed by atoms with E-state index in [1.807, 2.05) is 31.2 Å². The highest BCUT2D eigenvalue weighted by Gasteiger charge is 2.39. The lowest BCUT2D eigenvalue weighted by Crippen LogP contribution is -2.55. The molecule has 6 nitrogen and oxygen atoms in total. The number of halogens is 1. The standard InChI is InChI=1S/C25H33FN2O4/c1-20-3-2-4-23(15-20)32-19-25(30)17-27(13-14-31-18-25)16-24(29)9-11-28(12-10-24)22-7-5-21(26)6-8-22/h2-8,15,29-30H,9-14,16-19H2,1H3/t25-/m1/s1. The number of aryl methyl sites for hydroxylation is 1. The summed E-state index contributed by atoms with van der Waals surface area (Å²) in [6.07, 6.45) is 1.22. The maximum absolute atomic E-state index is 13.2. The van der Waals surface area contributed by atoms with E-state index in [1.54, 1.807) is 12.1 Å². The zero-order chi connectivity index (χ0) is 22.6. The lowest BCUT2D eigenvalue weighted by Gasteiger charge is -2.42. The van der Waals surface area contributed by atoms with Crippen molar-refractivity contribution in [1.82, 2.24) is 4.90 Å². The van der Waals surface area contributed by atoms with Crippen LogP contribution in [-0.2, 0) is 4.74 Å². The van der Waals surface area contributed by atoms with Gasteiger partial charge in [0.2, 0.25) is 0 Å². The van der Waals surface area contributed by atoms with Gasteiger partial charge in [0, 0.05) is 38.4 Å². The van der Waals surface area contributed by atoms with Crippen molar-refractivity contribution in [2.45, 2.75) is 31.0 Å². The second-order valence-electron chi connectivity index (χ2n) is 9.28. The van der Waals surface area contributed by atoms with Crippen molar-refractivity contribution in [3.05, 3.63) is 59.9 Å². The van der Waals surface area contributed by atoms with Gasteiger partial charge in [0.15, 0.2) is 0 Å². The van der Waals surface area contributed by atoms with Gasteiger partial charge >= 0.3 is 0 Å². The predicted molar refractivity (Wildman–Crippen MR) is 122 cm³/mol. The third-order valence-electron chi connectivity index (χ3n) is 6.34. The first-order chi connectivity index (χ1) is 15.3. The molecule has 0 aliphatic carbocycles. The molecule has 174 valence electrons. The van der Waals surface area contributed by atoms with Crippen molar-refractivity contribution < 1.29 is 24.1 Å². The molecule has 2 fully saturated rings. The normalized spacial score (nSPS) is 24.2. The maximum Gasteiger partial charge on any atom is 0.134 e. The van der Waals surface area contributed by atoms with Crippen LogP contribution in [0.4, 0.5) is 10.1 Å². The van der Waals surface area contributed by atoms with Crippen LogP contribution < -0.4 is 9.64 Å². The summed E-state index contributed by atoms with van der Waals surface area (Å²) in [5.74, 6) is 0.477. The lowest BCUT2D eigenvalue weighted by atomic mass is 9.90. The summed E-state index contributed by atoms with van der Waals surface area (Å²) in [6, 6.07) is 14.2. The lowest BCUT2D eigenvalue weighted by molar-refractivity contribution is -0.0742. The molecule has 2 aliphatic heterocycles. The van der Waals surface area contributed by atoms with E-state index in [-0.39, 0.29) is 19.0 Å². The van der Waals surface area contributed by atoms with E-state index >= 15 is 0 Å². The SMILES string of the molecule is Cc1cccc(OC[C@]2(O)COCCN(CC3(O)CCN(c4ccc(F)cc4)CC3)C2)c1. The highest BCUT2D eigenvalue weighted by atomic mass is 19.1. The van der Waals surface area contributed by atoms with Crippen LogP contribution in [0.25, 0.3) is 0 Å². The van der Waals surface area contributed by atoms with Gasteiger partial charge in [0.25, 0.3) is 0 Å². The van der Waals surface area contributed by atoms with Crippen LogP contribution in [0.2, 0.25) is 0 Å². The quantitative estimate of drug-likeness (QED) is 0.714. The van der Waals surface area contributed by atoms with Gasteiger partial charge in [0.05, 0.1) is 18.8 Å². The summed E-state index contributed by atoms with van der Waals surface area (Å²) in [5, 5.41) is 22.4. The number of piperidine rings is 1. The molecule has 2 aromatic carbocycles. The van der Waals surface area contributed by atoms with Crippen molar-refractivity contribution in [3.63, 3.8) is 0 Å². The first-order valence-electron chi connectivity index (χ1n) is 11.3. The van der Waals surface area contributed by atoms with E-state index in [0.717, 1.165) is 17.0 Å². The summed E-state index contributed by atoms with van der Waals surface area (Å²) in [4.78, 5) is 4.26. The molecule has 2 N–H and O–H groups in total. The van der Waals surface area contributed by atoms with Crippen LogP contribution in [-0.4, -0.2) is 78.9 Å².